The fourth-order valence-corrected chi connectivity index (χ4v) is 3.29. The average molecular weight is 362 g/mol. The average Bonchev–Trinajstić information content (AvgIpc) is 2.70. The summed E-state index contributed by atoms with van der Waals surface area (Å²) in [5.74, 6) is -0.902. The van der Waals surface area contributed by atoms with Gasteiger partial charge in [-0.1, -0.05) is 32.1 Å². The predicted octanol–water partition coefficient (Wildman–Crippen LogP) is 5.14. The molecule has 3 rings (SSSR count). The summed E-state index contributed by atoms with van der Waals surface area (Å²) >= 11 is 0. The van der Waals surface area contributed by atoms with Crippen LogP contribution in [-0.4, -0.2) is 25.2 Å². The van der Waals surface area contributed by atoms with Crippen LogP contribution < -0.4 is 10.2 Å². The molecule has 0 aliphatic carbocycles. The highest BCUT2D eigenvalue weighted by Crippen LogP contribution is 2.36. The molecule has 0 saturated heterocycles. The van der Waals surface area contributed by atoms with Gasteiger partial charge in [-0.05, 0) is 64.9 Å². The van der Waals surface area contributed by atoms with Crippen LogP contribution in [0.4, 0.5) is 11.4 Å². The van der Waals surface area contributed by atoms with Gasteiger partial charge in [-0.25, -0.2) is 4.79 Å². The lowest BCUT2D eigenvalue weighted by Crippen LogP contribution is -2.18. The number of hydrogen-bond donors (Lipinski definition) is 2. The summed E-state index contributed by atoms with van der Waals surface area (Å²) in [5, 5.41) is 12.7. The molecule has 0 bridgehead atoms. The summed E-state index contributed by atoms with van der Waals surface area (Å²) in [6.45, 7) is 4.29. The van der Waals surface area contributed by atoms with Gasteiger partial charge in [0.25, 0.3) is 0 Å². The molecule has 2 aromatic carbocycles. The number of nitrogens with one attached hydrogen (secondary N) is 1. The molecule has 0 atom stereocenters. The van der Waals surface area contributed by atoms with Gasteiger partial charge < -0.3 is 15.3 Å². The summed E-state index contributed by atoms with van der Waals surface area (Å²) in [5.41, 5.74) is 5.54. The van der Waals surface area contributed by atoms with Crippen LogP contribution in [0.25, 0.3) is 5.57 Å². The zero-order valence-electron chi connectivity index (χ0n) is 16.3. The van der Waals surface area contributed by atoms with Gasteiger partial charge in [0.1, 0.15) is 0 Å². The number of anilines is 2. The van der Waals surface area contributed by atoms with Crippen molar-refractivity contribution in [2.45, 2.75) is 25.7 Å². The Kier molecular flexibility index (Phi) is 5.08. The Morgan fingerprint density at radius 3 is 2.44 bits per heavy atom. The minimum Gasteiger partial charge on any atom is -0.478 e. The maximum Gasteiger partial charge on any atom is 0.335 e. The van der Waals surface area contributed by atoms with E-state index in [1.807, 2.05) is 26.4 Å². The first-order valence-electron chi connectivity index (χ1n) is 9.07. The molecule has 4 heteroatoms. The summed E-state index contributed by atoms with van der Waals surface area (Å²) in [4.78, 5) is 13.5. The molecule has 0 radical (unpaired) electrons. The van der Waals surface area contributed by atoms with E-state index in [1.165, 1.54) is 5.69 Å². The summed E-state index contributed by atoms with van der Waals surface area (Å²) in [6.07, 6.45) is 7.03. The summed E-state index contributed by atoms with van der Waals surface area (Å²) in [7, 11) is 4.06. The second kappa shape index (κ2) is 7.31. The van der Waals surface area contributed by atoms with Crippen molar-refractivity contribution < 1.29 is 9.90 Å². The standard InChI is InChI=1S/C23H26N2O2/c1-23(2)13-11-17(16-5-8-19(9-6-16)25(3)4)12-14-24-21-10-7-18(22(26)27)15-20(21)23/h5-12,14-15,24H,13H2,1-4H3,(H,26,27)/b14-12-,17-11+. The Labute approximate surface area is 160 Å². The third-order valence-electron chi connectivity index (χ3n) is 5.05. The zero-order chi connectivity index (χ0) is 19.6. The Morgan fingerprint density at radius 2 is 1.81 bits per heavy atom. The van der Waals surface area contributed by atoms with Crippen molar-refractivity contribution in [1.29, 1.82) is 0 Å². The molecule has 27 heavy (non-hydrogen) atoms. The lowest BCUT2D eigenvalue weighted by atomic mass is 9.79. The molecule has 0 unspecified atom stereocenters. The quantitative estimate of drug-likeness (QED) is 0.794. The third-order valence-corrected chi connectivity index (χ3v) is 5.05. The number of fused-ring (bicyclic) bond motifs is 1. The first kappa shape index (κ1) is 18.8. The van der Waals surface area contributed by atoms with Gasteiger partial charge in [-0.15, -0.1) is 0 Å². The van der Waals surface area contributed by atoms with Gasteiger partial charge in [0, 0.05) is 31.7 Å². The minimum atomic E-state index is -0.902. The molecule has 1 aliphatic heterocycles. The molecule has 1 heterocycles. The van der Waals surface area contributed by atoms with Gasteiger partial charge >= 0.3 is 5.97 Å². The third kappa shape index (κ3) is 4.05. The van der Waals surface area contributed by atoms with E-state index in [-0.39, 0.29) is 5.41 Å². The van der Waals surface area contributed by atoms with Gasteiger partial charge in [0.15, 0.2) is 0 Å². The smallest absolute Gasteiger partial charge is 0.335 e. The highest BCUT2D eigenvalue weighted by atomic mass is 16.4. The van der Waals surface area contributed by atoms with E-state index in [4.69, 9.17) is 0 Å². The monoisotopic (exact) mass is 362 g/mol. The fourth-order valence-electron chi connectivity index (χ4n) is 3.29. The molecule has 0 spiro atoms. The number of allylic oxidation sites excluding steroid dienone is 3. The van der Waals surface area contributed by atoms with E-state index in [9.17, 15) is 9.90 Å². The number of carboxylic acids is 1. The van der Waals surface area contributed by atoms with E-state index in [0.29, 0.717) is 5.56 Å². The van der Waals surface area contributed by atoms with Crippen molar-refractivity contribution in [2.24, 2.45) is 0 Å². The van der Waals surface area contributed by atoms with Crippen LogP contribution >= 0.6 is 0 Å². The molecule has 4 nitrogen and oxygen atoms in total. The Balaban J connectivity index is 1.98. The molecule has 1 aliphatic rings. The molecule has 2 aromatic rings. The number of hydrogen-bond acceptors (Lipinski definition) is 3. The van der Waals surface area contributed by atoms with Gasteiger partial charge in [0.05, 0.1) is 5.56 Å². The van der Waals surface area contributed by atoms with Crippen LogP contribution in [0.1, 0.15) is 41.8 Å². The SMILES string of the molecule is CN(C)c1ccc(C2=C/CC(C)(C)c3cc(C(=O)O)ccc3N/C=C\2)cc1. The Bertz CT molecular complexity index is 906. The van der Waals surface area contributed by atoms with Crippen molar-refractivity contribution in [3.8, 4) is 0 Å². The highest BCUT2D eigenvalue weighted by Gasteiger charge is 2.25. The molecular weight excluding hydrogens is 336 g/mol. The number of carboxylic acid groups (broad SMARTS) is 1. The first-order chi connectivity index (χ1) is 12.8. The lowest BCUT2D eigenvalue weighted by Gasteiger charge is -2.27. The molecule has 0 fully saturated rings. The van der Waals surface area contributed by atoms with Gasteiger partial charge in [-0.3, -0.25) is 0 Å². The normalized spacial score (nSPS) is 18.6. The second-order valence-electron chi connectivity index (χ2n) is 7.73. The number of rotatable bonds is 3. The van der Waals surface area contributed by atoms with Crippen LogP contribution in [-0.2, 0) is 5.41 Å². The zero-order valence-corrected chi connectivity index (χ0v) is 16.3. The summed E-state index contributed by atoms with van der Waals surface area (Å²) < 4.78 is 0. The molecule has 0 saturated carbocycles. The predicted molar refractivity (Wildman–Crippen MR) is 113 cm³/mol. The van der Waals surface area contributed by atoms with Crippen molar-refractivity contribution in [1.82, 2.24) is 0 Å². The van der Waals surface area contributed by atoms with E-state index in [0.717, 1.165) is 28.8 Å². The van der Waals surface area contributed by atoms with Crippen LogP contribution in [0.5, 0.6) is 0 Å². The molecule has 0 amide bonds. The minimum absolute atomic E-state index is 0.200. The van der Waals surface area contributed by atoms with E-state index >= 15 is 0 Å². The largest absolute Gasteiger partial charge is 0.478 e. The Hall–Kier alpha value is -3.01. The molecular formula is C23H26N2O2. The van der Waals surface area contributed by atoms with Crippen molar-refractivity contribution in [2.75, 3.05) is 24.3 Å². The van der Waals surface area contributed by atoms with E-state index in [1.54, 1.807) is 12.1 Å². The lowest BCUT2D eigenvalue weighted by molar-refractivity contribution is 0.0696. The molecule has 2 N–H and O–H groups in total. The number of aromatic carboxylic acids is 1. The van der Waals surface area contributed by atoms with Crippen LogP contribution in [0.3, 0.4) is 0 Å². The fraction of sp³-hybridized carbons (Fsp3) is 0.261. The van der Waals surface area contributed by atoms with Gasteiger partial charge in [0.2, 0.25) is 0 Å². The Morgan fingerprint density at radius 1 is 1.11 bits per heavy atom. The van der Waals surface area contributed by atoms with Crippen molar-refractivity contribution in [3.05, 3.63) is 77.5 Å². The first-order valence-corrected chi connectivity index (χ1v) is 9.07. The maximum absolute atomic E-state index is 11.4. The number of benzene rings is 2. The number of carbonyl (C=O) groups is 1. The van der Waals surface area contributed by atoms with Crippen LogP contribution in [0.15, 0.2) is 60.8 Å². The van der Waals surface area contributed by atoms with Crippen LogP contribution in [0.2, 0.25) is 0 Å². The van der Waals surface area contributed by atoms with Crippen molar-refractivity contribution >= 4 is 22.9 Å². The van der Waals surface area contributed by atoms with Crippen LogP contribution in [0, 0.1) is 0 Å². The van der Waals surface area contributed by atoms with E-state index < -0.39 is 5.97 Å². The number of nitrogens with zero attached hydrogens (tertiary/aromatic N) is 1. The summed E-state index contributed by atoms with van der Waals surface area (Å²) in [6, 6.07) is 13.8. The van der Waals surface area contributed by atoms with Gasteiger partial charge in [-0.2, -0.15) is 0 Å². The maximum atomic E-state index is 11.4. The molecule has 140 valence electrons. The second-order valence-corrected chi connectivity index (χ2v) is 7.73. The topological polar surface area (TPSA) is 52.6 Å². The van der Waals surface area contributed by atoms with E-state index in [2.05, 4.69) is 60.5 Å². The molecule has 0 aromatic heterocycles. The highest BCUT2D eigenvalue weighted by molar-refractivity contribution is 5.89. The van der Waals surface area contributed by atoms with Crippen molar-refractivity contribution in [3.63, 3.8) is 0 Å².